The SMILES string of the molecule is O=C(O)C1CCCC(NCc2csc(-c3ccco3)n2)C1. The number of carboxylic acids is 1. The number of nitrogens with one attached hydrogen (secondary N) is 1. The fourth-order valence-corrected chi connectivity index (χ4v) is 3.54. The van der Waals surface area contributed by atoms with Crippen molar-refractivity contribution in [3.63, 3.8) is 0 Å². The Morgan fingerprint density at radius 2 is 2.43 bits per heavy atom. The number of aliphatic carboxylic acids is 1. The van der Waals surface area contributed by atoms with Crippen LogP contribution in [0.15, 0.2) is 28.2 Å². The Bertz CT molecular complexity index is 594. The second-order valence-corrected chi connectivity index (χ2v) is 6.26. The van der Waals surface area contributed by atoms with Gasteiger partial charge in [-0.1, -0.05) is 6.42 Å². The van der Waals surface area contributed by atoms with Crippen molar-refractivity contribution in [2.45, 2.75) is 38.3 Å². The lowest BCUT2D eigenvalue weighted by atomic mass is 9.86. The molecule has 0 bridgehead atoms. The van der Waals surface area contributed by atoms with Gasteiger partial charge in [0, 0.05) is 18.0 Å². The number of carboxylic acid groups (broad SMARTS) is 1. The molecular weight excluding hydrogens is 288 g/mol. The Hall–Kier alpha value is -1.66. The summed E-state index contributed by atoms with van der Waals surface area (Å²) in [5.41, 5.74) is 0.976. The lowest BCUT2D eigenvalue weighted by molar-refractivity contribution is -0.143. The van der Waals surface area contributed by atoms with Crippen LogP contribution in [0.25, 0.3) is 10.8 Å². The number of furan rings is 1. The molecule has 2 unspecified atom stereocenters. The summed E-state index contributed by atoms with van der Waals surface area (Å²) in [6, 6.07) is 4.02. The molecule has 6 heteroatoms. The van der Waals surface area contributed by atoms with Gasteiger partial charge in [-0.05, 0) is 31.4 Å². The van der Waals surface area contributed by atoms with Crippen LogP contribution >= 0.6 is 11.3 Å². The molecule has 2 atom stereocenters. The van der Waals surface area contributed by atoms with Gasteiger partial charge in [0.1, 0.15) is 0 Å². The van der Waals surface area contributed by atoms with E-state index in [4.69, 9.17) is 9.52 Å². The highest BCUT2D eigenvalue weighted by molar-refractivity contribution is 7.13. The molecule has 2 aromatic heterocycles. The molecule has 0 aromatic carbocycles. The molecule has 0 amide bonds. The molecule has 1 fully saturated rings. The van der Waals surface area contributed by atoms with E-state index < -0.39 is 5.97 Å². The van der Waals surface area contributed by atoms with Gasteiger partial charge >= 0.3 is 5.97 Å². The first-order valence-corrected chi connectivity index (χ1v) is 8.05. The molecule has 112 valence electrons. The fourth-order valence-electron chi connectivity index (χ4n) is 2.75. The van der Waals surface area contributed by atoms with Crippen LogP contribution in [-0.2, 0) is 11.3 Å². The molecule has 2 aromatic rings. The summed E-state index contributed by atoms with van der Waals surface area (Å²) in [7, 11) is 0. The lowest BCUT2D eigenvalue weighted by Crippen LogP contribution is -2.36. The van der Waals surface area contributed by atoms with Crippen LogP contribution in [0.3, 0.4) is 0 Å². The van der Waals surface area contributed by atoms with Crippen molar-refractivity contribution in [1.29, 1.82) is 0 Å². The quantitative estimate of drug-likeness (QED) is 0.887. The zero-order chi connectivity index (χ0) is 14.7. The zero-order valence-electron chi connectivity index (χ0n) is 11.6. The number of aromatic nitrogens is 1. The van der Waals surface area contributed by atoms with Crippen LogP contribution in [0.1, 0.15) is 31.4 Å². The maximum atomic E-state index is 11.1. The Morgan fingerprint density at radius 3 is 3.19 bits per heavy atom. The summed E-state index contributed by atoms with van der Waals surface area (Å²) >= 11 is 1.56. The maximum absolute atomic E-state index is 11.1. The van der Waals surface area contributed by atoms with Crippen LogP contribution < -0.4 is 5.32 Å². The van der Waals surface area contributed by atoms with Crippen molar-refractivity contribution >= 4 is 17.3 Å². The van der Waals surface area contributed by atoms with Gasteiger partial charge in [-0.15, -0.1) is 11.3 Å². The highest BCUT2D eigenvalue weighted by Gasteiger charge is 2.26. The largest absolute Gasteiger partial charge is 0.481 e. The van der Waals surface area contributed by atoms with E-state index in [9.17, 15) is 4.79 Å². The number of carbonyl (C=O) groups is 1. The van der Waals surface area contributed by atoms with Crippen LogP contribution in [0.5, 0.6) is 0 Å². The maximum Gasteiger partial charge on any atom is 0.306 e. The second-order valence-electron chi connectivity index (χ2n) is 5.40. The molecule has 2 heterocycles. The van der Waals surface area contributed by atoms with E-state index >= 15 is 0 Å². The van der Waals surface area contributed by atoms with Gasteiger partial charge in [0.25, 0.3) is 0 Å². The van der Waals surface area contributed by atoms with E-state index in [0.29, 0.717) is 13.0 Å². The van der Waals surface area contributed by atoms with Gasteiger partial charge in [-0.2, -0.15) is 0 Å². The molecule has 0 spiro atoms. The molecule has 3 rings (SSSR count). The molecule has 5 nitrogen and oxygen atoms in total. The van der Waals surface area contributed by atoms with E-state index in [2.05, 4.69) is 10.3 Å². The summed E-state index contributed by atoms with van der Waals surface area (Å²) in [5, 5.41) is 15.4. The Morgan fingerprint density at radius 1 is 1.52 bits per heavy atom. The molecule has 1 aliphatic carbocycles. The summed E-state index contributed by atoms with van der Waals surface area (Å²) < 4.78 is 5.33. The first kappa shape index (κ1) is 14.3. The van der Waals surface area contributed by atoms with Gasteiger partial charge in [-0.3, -0.25) is 4.79 Å². The topological polar surface area (TPSA) is 75.4 Å². The van der Waals surface area contributed by atoms with Crippen molar-refractivity contribution in [1.82, 2.24) is 10.3 Å². The summed E-state index contributed by atoms with van der Waals surface area (Å²) in [6.07, 6.45) is 5.17. The van der Waals surface area contributed by atoms with E-state index in [1.165, 1.54) is 0 Å². The van der Waals surface area contributed by atoms with Gasteiger partial charge < -0.3 is 14.8 Å². The summed E-state index contributed by atoms with van der Waals surface area (Å²) in [4.78, 5) is 15.6. The minimum Gasteiger partial charge on any atom is -0.481 e. The average molecular weight is 306 g/mol. The van der Waals surface area contributed by atoms with Crippen molar-refractivity contribution in [3.05, 3.63) is 29.5 Å². The standard InChI is InChI=1S/C15H18N2O3S/c18-15(19)10-3-1-4-11(7-10)16-8-12-9-21-14(17-12)13-5-2-6-20-13/h2,5-6,9-11,16H,1,3-4,7-8H2,(H,18,19). The molecule has 1 saturated carbocycles. The van der Waals surface area contributed by atoms with Gasteiger partial charge in [-0.25, -0.2) is 4.98 Å². The molecule has 0 aliphatic heterocycles. The predicted octanol–water partition coefficient (Wildman–Crippen LogP) is 3.14. The number of hydrogen-bond donors (Lipinski definition) is 2. The smallest absolute Gasteiger partial charge is 0.306 e. The molecule has 0 saturated heterocycles. The third-order valence-electron chi connectivity index (χ3n) is 3.88. The van der Waals surface area contributed by atoms with Gasteiger partial charge in [0.15, 0.2) is 10.8 Å². The van der Waals surface area contributed by atoms with Crippen molar-refractivity contribution < 1.29 is 14.3 Å². The van der Waals surface area contributed by atoms with E-state index in [1.54, 1.807) is 17.6 Å². The second kappa shape index (κ2) is 6.41. The zero-order valence-corrected chi connectivity index (χ0v) is 12.4. The molecule has 1 aliphatic rings. The highest BCUT2D eigenvalue weighted by atomic mass is 32.1. The first-order chi connectivity index (χ1) is 10.2. The Balaban J connectivity index is 1.54. The highest BCUT2D eigenvalue weighted by Crippen LogP contribution is 2.26. The number of nitrogens with zero attached hydrogens (tertiary/aromatic N) is 1. The van der Waals surface area contributed by atoms with Crippen molar-refractivity contribution in [2.75, 3.05) is 0 Å². The number of rotatable bonds is 5. The first-order valence-electron chi connectivity index (χ1n) is 7.17. The number of hydrogen-bond acceptors (Lipinski definition) is 5. The van der Waals surface area contributed by atoms with Crippen LogP contribution in [0.4, 0.5) is 0 Å². The third-order valence-corrected chi connectivity index (χ3v) is 4.78. The van der Waals surface area contributed by atoms with Gasteiger partial charge in [0.05, 0.1) is 17.9 Å². The third kappa shape index (κ3) is 3.51. The lowest BCUT2D eigenvalue weighted by Gasteiger charge is -2.27. The van der Waals surface area contributed by atoms with Crippen LogP contribution in [0.2, 0.25) is 0 Å². The molecule has 2 N–H and O–H groups in total. The van der Waals surface area contributed by atoms with Crippen molar-refractivity contribution in [3.8, 4) is 10.8 Å². The number of thiazole rings is 1. The van der Waals surface area contributed by atoms with Gasteiger partial charge in [0.2, 0.25) is 0 Å². The summed E-state index contributed by atoms with van der Waals surface area (Å²) in [5.74, 6) is -0.0875. The Labute approximate surface area is 127 Å². The van der Waals surface area contributed by atoms with E-state index in [1.807, 2.05) is 17.5 Å². The van der Waals surface area contributed by atoms with E-state index in [0.717, 1.165) is 35.7 Å². The minimum atomic E-state index is -0.671. The van der Waals surface area contributed by atoms with Crippen LogP contribution in [0, 0.1) is 5.92 Å². The van der Waals surface area contributed by atoms with Crippen LogP contribution in [-0.4, -0.2) is 22.1 Å². The Kier molecular flexibility index (Phi) is 4.36. The summed E-state index contributed by atoms with van der Waals surface area (Å²) in [6.45, 7) is 0.675. The molecule has 0 radical (unpaired) electrons. The molecule has 21 heavy (non-hydrogen) atoms. The predicted molar refractivity (Wildman–Crippen MR) is 80.0 cm³/mol. The minimum absolute atomic E-state index is 0.203. The average Bonchev–Trinajstić information content (AvgIpc) is 3.16. The normalized spacial score (nSPS) is 22.3. The monoisotopic (exact) mass is 306 g/mol. The van der Waals surface area contributed by atoms with E-state index in [-0.39, 0.29) is 12.0 Å². The fraction of sp³-hybridized carbons (Fsp3) is 0.467. The van der Waals surface area contributed by atoms with Crippen molar-refractivity contribution in [2.24, 2.45) is 5.92 Å². The molecular formula is C15H18N2O3S.